The zero-order valence-corrected chi connectivity index (χ0v) is 45.5. The molecule has 4 rings (SSSR count). The molecule has 0 spiro atoms. The molecule has 1 aromatic heterocycles. The number of thiophene rings is 1. The molecule has 2 aliphatic heterocycles. The number of piperazine rings is 1. The maximum absolute atomic E-state index is 13.6. The van der Waals surface area contributed by atoms with E-state index in [0.717, 1.165) is 61.0 Å². The summed E-state index contributed by atoms with van der Waals surface area (Å²) >= 11 is 1.65. The Bertz CT molecular complexity index is 2030. The van der Waals surface area contributed by atoms with Crippen LogP contribution in [0.3, 0.4) is 0 Å². The minimum Gasteiger partial charge on any atom is -0.420 e. The first-order valence-corrected chi connectivity index (χ1v) is 27.2. The summed E-state index contributed by atoms with van der Waals surface area (Å²) in [5.74, 6) is -8.95. The van der Waals surface area contributed by atoms with Gasteiger partial charge in [0.15, 0.2) is 11.6 Å². The van der Waals surface area contributed by atoms with Crippen LogP contribution in [-0.2, 0) is 73.0 Å². The first kappa shape index (κ1) is 65.3. The van der Waals surface area contributed by atoms with Crippen LogP contribution in [0.2, 0.25) is 0 Å². The lowest BCUT2D eigenvalue weighted by molar-refractivity contribution is -0.136. The average Bonchev–Trinajstić information content (AvgIpc) is 3.70. The monoisotopic (exact) mass is 1120 g/mol. The highest BCUT2D eigenvalue weighted by atomic mass is 32.1. The van der Waals surface area contributed by atoms with Crippen LogP contribution in [0.25, 0.3) is 6.08 Å². The minimum absolute atomic E-state index is 0.0165. The molecule has 1 aromatic carbocycles. The third-order valence-electron chi connectivity index (χ3n) is 11.3. The highest BCUT2D eigenvalue weighted by Gasteiger charge is 2.26. The van der Waals surface area contributed by atoms with Gasteiger partial charge in [0.1, 0.15) is 5.84 Å². The Kier molecular flexibility index (Phi) is 33.9. The summed E-state index contributed by atoms with van der Waals surface area (Å²) in [4.78, 5) is 50.8. The van der Waals surface area contributed by atoms with Gasteiger partial charge in [0, 0.05) is 68.8 Å². The molecule has 2 aromatic rings. The van der Waals surface area contributed by atoms with Gasteiger partial charge >= 0.3 is 5.97 Å². The molecule has 436 valence electrons. The van der Waals surface area contributed by atoms with E-state index in [-0.39, 0.29) is 37.7 Å². The Balaban J connectivity index is 0.821. The predicted molar refractivity (Wildman–Crippen MR) is 277 cm³/mol. The summed E-state index contributed by atoms with van der Waals surface area (Å²) in [6.07, 6.45) is 4.05. The Morgan fingerprint density at radius 1 is 0.584 bits per heavy atom. The molecule has 20 nitrogen and oxygen atoms in total. The average molecular weight is 1120 g/mol. The molecule has 0 saturated carbocycles. The third kappa shape index (κ3) is 27.0. The number of amidine groups is 1. The number of hydrogen-bond acceptors (Lipinski definition) is 19. The van der Waals surface area contributed by atoms with Crippen molar-refractivity contribution < 1.29 is 88.8 Å². The largest absolute Gasteiger partial charge is 0.420 e. The number of nitrogens with zero attached hydrogens (tertiary/aromatic N) is 4. The van der Waals surface area contributed by atoms with Crippen LogP contribution >= 0.6 is 11.3 Å². The van der Waals surface area contributed by atoms with E-state index in [0.29, 0.717) is 163 Å². The molecule has 2 amide bonds. The summed E-state index contributed by atoms with van der Waals surface area (Å²) in [6, 6.07) is 2.08. The normalized spacial score (nSPS) is 13.9. The Hall–Kier alpha value is -4.22. The number of nitrogens with two attached hydrogens (primary N) is 1. The minimum atomic E-state index is -1.80. The van der Waals surface area contributed by atoms with Gasteiger partial charge in [0.25, 0.3) is 0 Å². The van der Waals surface area contributed by atoms with E-state index < -0.39 is 41.4 Å². The van der Waals surface area contributed by atoms with Gasteiger partial charge in [-0.2, -0.15) is 8.78 Å². The van der Waals surface area contributed by atoms with Crippen molar-refractivity contribution in [3.63, 3.8) is 0 Å². The van der Waals surface area contributed by atoms with Crippen molar-refractivity contribution in [2.24, 2.45) is 10.7 Å². The van der Waals surface area contributed by atoms with Gasteiger partial charge in [-0.05, 0) is 25.0 Å². The van der Waals surface area contributed by atoms with E-state index in [1.54, 1.807) is 11.3 Å². The molecule has 1 saturated heterocycles. The van der Waals surface area contributed by atoms with E-state index >= 15 is 0 Å². The van der Waals surface area contributed by atoms with Gasteiger partial charge in [-0.3, -0.25) is 19.3 Å². The second kappa shape index (κ2) is 40.0. The molecule has 0 atom stereocenters. The van der Waals surface area contributed by atoms with Crippen molar-refractivity contribution in [2.45, 2.75) is 52.5 Å². The summed E-state index contributed by atoms with van der Waals surface area (Å²) < 4.78 is 118. The van der Waals surface area contributed by atoms with Gasteiger partial charge in [0.05, 0.1) is 169 Å². The number of rotatable bonds is 44. The molecule has 0 radical (unpaired) electrons. The Labute approximate surface area is 453 Å². The third-order valence-corrected chi connectivity index (χ3v) is 12.4. The lowest BCUT2D eigenvalue weighted by Gasteiger charge is -2.34. The van der Waals surface area contributed by atoms with Crippen LogP contribution in [0.4, 0.5) is 23.2 Å². The fourth-order valence-electron chi connectivity index (χ4n) is 7.46. The number of carbonyl (C=O) groups excluding carboxylic acids is 3. The first-order chi connectivity index (χ1) is 37.5. The molecule has 1 fully saturated rings. The number of hydrogen-bond donors (Lipinski definition) is 1. The van der Waals surface area contributed by atoms with Gasteiger partial charge in [-0.15, -0.1) is 11.3 Å². The predicted octanol–water partition coefficient (Wildman–Crippen LogP) is 4.94. The van der Waals surface area contributed by atoms with Crippen LogP contribution in [0, 0.1) is 23.3 Å². The van der Waals surface area contributed by atoms with Gasteiger partial charge < -0.3 is 72.4 Å². The van der Waals surface area contributed by atoms with Crippen molar-refractivity contribution in [3.05, 3.63) is 50.7 Å². The van der Waals surface area contributed by atoms with Gasteiger partial charge in [0.2, 0.25) is 29.2 Å². The summed E-state index contributed by atoms with van der Waals surface area (Å²) in [6.45, 7) is 17.0. The zero-order chi connectivity index (χ0) is 55.3. The summed E-state index contributed by atoms with van der Waals surface area (Å²) in [7, 11) is 0. The first-order valence-electron chi connectivity index (χ1n) is 26.3. The molecular weight excluding hydrogens is 1040 g/mol. The van der Waals surface area contributed by atoms with Crippen LogP contribution in [0.5, 0.6) is 5.75 Å². The van der Waals surface area contributed by atoms with Crippen LogP contribution in [0.15, 0.2) is 22.7 Å². The van der Waals surface area contributed by atoms with E-state index in [1.807, 2.05) is 15.9 Å². The number of fused-ring (bicyclic) bond motifs is 1. The number of halogens is 4. The van der Waals surface area contributed by atoms with Crippen LogP contribution < -0.4 is 10.5 Å². The van der Waals surface area contributed by atoms with Gasteiger partial charge in [-0.25, -0.2) is 13.8 Å². The van der Waals surface area contributed by atoms with E-state index in [1.165, 1.54) is 0 Å². The molecule has 3 heterocycles. The molecule has 77 heavy (non-hydrogen) atoms. The van der Waals surface area contributed by atoms with E-state index in [4.69, 9.17) is 57.8 Å². The lowest BCUT2D eigenvalue weighted by atomic mass is 10.1. The maximum atomic E-state index is 13.6. The number of carbonyl (C=O) groups is 3. The van der Waals surface area contributed by atoms with Crippen molar-refractivity contribution in [1.29, 1.82) is 0 Å². The molecule has 2 N–H and O–H groups in total. The second-order valence-electron chi connectivity index (χ2n) is 17.4. The summed E-state index contributed by atoms with van der Waals surface area (Å²) in [5.41, 5.74) is 7.75. The van der Waals surface area contributed by atoms with Crippen LogP contribution in [-0.4, -0.2) is 223 Å². The van der Waals surface area contributed by atoms with E-state index in [9.17, 15) is 31.9 Å². The molecule has 2 aliphatic rings. The molecule has 0 unspecified atom stereocenters. The van der Waals surface area contributed by atoms with Gasteiger partial charge in [-0.1, -0.05) is 13.8 Å². The maximum Gasteiger partial charge on any atom is 0.313 e. The number of ether oxygens (including phenoxy) is 12. The topological polar surface area (TPSA) is 210 Å². The molecule has 25 heteroatoms. The highest BCUT2D eigenvalue weighted by Crippen LogP contribution is 2.36. The quantitative estimate of drug-likeness (QED) is 0.0306. The standard InChI is InChI=1S/C52H79F4N5O15S/c1-3-7-61(8-4-2)52(64)40-35-45-44(58-46(57)36-40)37-41(77-45)39-59-9-11-60(12-10-59)47(62)5-13-65-15-17-67-19-21-69-23-25-71-27-29-73-31-33-75-34-32-74-30-28-72-26-24-70-22-20-68-18-16-66-14-6-48(63)76-51-49(55)42(53)38-43(54)50(51)56/h35,37-38H,3-34,36,39H2,1-2H3,(H2,57,58). The second-order valence-corrected chi connectivity index (χ2v) is 18.5. The molecule has 0 bridgehead atoms. The van der Waals surface area contributed by atoms with Crippen LogP contribution in [0.1, 0.15) is 55.7 Å². The number of benzene rings is 1. The fraction of sp³-hybridized carbons (Fsp3) is 0.692. The fourth-order valence-corrected chi connectivity index (χ4v) is 8.58. The van der Waals surface area contributed by atoms with Crippen molar-refractivity contribution in [3.8, 4) is 5.75 Å². The van der Waals surface area contributed by atoms with Crippen molar-refractivity contribution in [2.75, 3.05) is 185 Å². The number of esters is 1. The number of amides is 2. The summed E-state index contributed by atoms with van der Waals surface area (Å²) in [5, 5.41) is 0. The van der Waals surface area contributed by atoms with Crippen molar-refractivity contribution in [1.82, 2.24) is 14.7 Å². The van der Waals surface area contributed by atoms with Crippen molar-refractivity contribution >= 4 is 46.7 Å². The smallest absolute Gasteiger partial charge is 0.313 e. The molecule has 0 aliphatic carbocycles. The molecular formula is C52H79F4N5O15S. The Morgan fingerprint density at radius 3 is 1.40 bits per heavy atom. The zero-order valence-electron chi connectivity index (χ0n) is 44.7. The Morgan fingerprint density at radius 2 is 0.987 bits per heavy atom. The SMILES string of the molecule is CCCN(CCC)C(=O)C1=Cc2sc(CN3CCN(C(=O)CCOCCOCCOCCOCCOCCOCCOCCOCCOCCOCCOCCC(=O)Oc4c(F)c(F)cc(F)c4F)CC3)cc2N=C(N)C1. The number of aliphatic imine (C=N–C) groups is 1. The van der Waals surface area contributed by atoms with E-state index in [2.05, 4.69) is 34.5 Å². The highest BCUT2D eigenvalue weighted by molar-refractivity contribution is 7.13. The lowest BCUT2D eigenvalue weighted by Crippen LogP contribution is -2.48.